The lowest BCUT2D eigenvalue weighted by Crippen LogP contribution is -2.38. The normalized spacial score (nSPS) is 21.6. The second kappa shape index (κ2) is 4.90. The maximum atomic E-state index is 6.06. The summed E-state index contributed by atoms with van der Waals surface area (Å²) in [4.78, 5) is 7.00. The van der Waals surface area contributed by atoms with Gasteiger partial charge in [0.05, 0.1) is 16.7 Å². The molecule has 3 heterocycles. The zero-order chi connectivity index (χ0) is 12.5. The first-order chi connectivity index (χ1) is 8.74. The molecule has 18 heavy (non-hydrogen) atoms. The van der Waals surface area contributed by atoms with Gasteiger partial charge < -0.3 is 9.30 Å². The third-order valence-electron chi connectivity index (χ3n) is 3.91. The summed E-state index contributed by atoms with van der Waals surface area (Å²) in [6, 6.07) is 4.54. The van der Waals surface area contributed by atoms with Crippen molar-refractivity contribution in [1.82, 2.24) is 14.3 Å². The Morgan fingerprint density at radius 3 is 3.11 bits per heavy atom. The summed E-state index contributed by atoms with van der Waals surface area (Å²) in [6.07, 6.45) is 8.81. The van der Waals surface area contributed by atoms with Gasteiger partial charge in [-0.2, -0.15) is 0 Å². The number of likely N-dealkylation sites (tertiary alicyclic amines) is 1. The number of pyridine rings is 1. The highest BCUT2D eigenvalue weighted by Crippen LogP contribution is 2.20. The zero-order valence-corrected chi connectivity index (χ0v) is 11.4. The maximum absolute atomic E-state index is 6.06. The van der Waals surface area contributed by atoms with Crippen LogP contribution in [0, 0.1) is 0 Å². The van der Waals surface area contributed by atoms with Crippen molar-refractivity contribution in [1.29, 1.82) is 0 Å². The van der Waals surface area contributed by atoms with E-state index in [1.807, 2.05) is 24.5 Å². The fourth-order valence-corrected chi connectivity index (χ4v) is 2.94. The van der Waals surface area contributed by atoms with Crippen LogP contribution < -0.4 is 0 Å². The molecule has 0 saturated carbocycles. The lowest BCUT2D eigenvalue weighted by Gasteiger charge is -2.32. The molecule has 0 N–H and O–H groups in total. The van der Waals surface area contributed by atoms with Crippen LogP contribution in [0.1, 0.15) is 25.1 Å². The van der Waals surface area contributed by atoms with E-state index in [-0.39, 0.29) is 0 Å². The van der Waals surface area contributed by atoms with Gasteiger partial charge in [-0.25, -0.2) is 4.98 Å². The van der Waals surface area contributed by atoms with Crippen molar-refractivity contribution in [2.45, 2.75) is 31.7 Å². The average Bonchev–Trinajstić information content (AvgIpc) is 2.75. The van der Waals surface area contributed by atoms with Crippen LogP contribution >= 0.6 is 11.6 Å². The molecule has 0 amide bonds. The Balaban J connectivity index is 1.87. The van der Waals surface area contributed by atoms with E-state index in [1.54, 1.807) is 0 Å². The summed E-state index contributed by atoms with van der Waals surface area (Å²) >= 11 is 6.06. The number of halogens is 1. The lowest BCUT2D eigenvalue weighted by molar-refractivity contribution is 0.182. The Bertz CT molecular complexity index is 549. The first-order valence-corrected chi connectivity index (χ1v) is 6.93. The first kappa shape index (κ1) is 12.0. The Morgan fingerprint density at radius 1 is 1.39 bits per heavy atom. The van der Waals surface area contributed by atoms with Crippen molar-refractivity contribution in [3.8, 4) is 0 Å². The van der Waals surface area contributed by atoms with E-state index in [2.05, 4.69) is 21.3 Å². The van der Waals surface area contributed by atoms with E-state index in [4.69, 9.17) is 11.6 Å². The third kappa shape index (κ3) is 2.25. The minimum Gasteiger partial charge on any atom is -0.303 e. The van der Waals surface area contributed by atoms with Gasteiger partial charge in [-0.3, -0.25) is 0 Å². The number of nitrogens with zero attached hydrogens (tertiary/aromatic N) is 3. The van der Waals surface area contributed by atoms with Crippen molar-refractivity contribution in [3.05, 3.63) is 35.4 Å². The van der Waals surface area contributed by atoms with Crippen LogP contribution in [0.25, 0.3) is 5.52 Å². The molecule has 1 atom stereocenters. The van der Waals surface area contributed by atoms with Gasteiger partial charge in [0.1, 0.15) is 5.82 Å². The van der Waals surface area contributed by atoms with Gasteiger partial charge in [-0.05, 0) is 38.6 Å². The summed E-state index contributed by atoms with van der Waals surface area (Å²) < 4.78 is 2.12. The molecular weight excluding hydrogens is 246 g/mol. The van der Waals surface area contributed by atoms with Gasteiger partial charge in [0.2, 0.25) is 0 Å². The predicted molar refractivity (Wildman–Crippen MR) is 74.2 cm³/mol. The van der Waals surface area contributed by atoms with E-state index in [9.17, 15) is 0 Å². The topological polar surface area (TPSA) is 20.5 Å². The van der Waals surface area contributed by atoms with Crippen LogP contribution in [-0.2, 0) is 6.42 Å². The standard InChI is InChI=1S/C14H18ClN3/c1-17-7-3-2-4-12(17)8-14-16-9-13-6-5-11(15)10-18(13)14/h5-6,9-10,12H,2-4,7-8H2,1H3. The molecular formula is C14H18ClN3. The quantitative estimate of drug-likeness (QED) is 0.830. The molecule has 1 aliphatic heterocycles. The van der Waals surface area contributed by atoms with Crippen LogP contribution in [0.2, 0.25) is 5.02 Å². The van der Waals surface area contributed by atoms with E-state index >= 15 is 0 Å². The van der Waals surface area contributed by atoms with Gasteiger partial charge in [0.15, 0.2) is 0 Å². The van der Waals surface area contributed by atoms with Crippen molar-refractivity contribution < 1.29 is 0 Å². The van der Waals surface area contributed by atoms with Crippen LogP contribution in [-0.4, -0.2) is 33.9 Å². The molecule has 3 nitrogen and oxygen atoms in total. The Hall–Kier alpha value is -1.06. The molecule has 0 spiro atoms. The van der Waals surface area contributed by atoms with Gasteiger partial charge in [0, 0.05) is 18.7 Å². The van der Waals surface area contributed by atoms with Crippen molar-refractivity contribution in [2.75, 3.05) is 13.6 Å². The number of fused-ring (bicyclic) bond motifs is 1. The number of likely N-dealkylation sites (N-methyl/N-ethyl adjacent to an activating group) is 1. The van der Waals surface area contributed by atoms with Crippen LogP contribution in [0.15, 0.2) is 24.5 Å². The van der Waals surface area contributed by atoms with Crippen LogP contribution in [0.3, 0.4) is 0 Å². The Morgan fingerprint density at radius 2 is 2.28 bits per heavy atom. The van der Waals surface area contributed by atoms with Crippen LogP contribution in [0.5, 0.6) is 0 Å². The number of rotatable bonds is 2. The number of aromatic nitrogens is 2. The highest BCUT2D eigenvalue weighted by molar-refractivity contribution is 6.30. The van der Waals surface area contributed by atoms with E-state index in [0.717, 1.165) is 22.8 Å². The Labute approximate surface area is 112 Å². The maximum Gasteiger partial charge on any atom is 0.114 e. The van der Waals surface area contributed by atoms with Crippen molar-refractivity contribution in [2.24, 2.45) is 0 Å². The average molecular weight is 264 g/mol. The molecule has 96 valence electrons. The zero-order valence-electron chi connectivity index (χ0n) is 10.6. The fourth-order valence-electron chi connectivity index (χ4n) is 2.78. The van der Waals surface area contributed by atoms with Gasteiger partial charge >= 0.3 is 0 Å². The molecule has 4 heteroatoms. The molecule has 0 aliphatic carbocycles. The highest BCUT2D eigenvalue weighted by atomic mass is 35.5. The molecule has 0 bridgehead atoms. The number of piperidine rings is 1. The minimum absolute atomic E-state index is 0.614. The predicted octanol–water partition coefficient (Wildman–Crippen LogP) is 3.01. The molecule has 1 aliphatic rings. The molecule has 1 unspecified atom stereocenters. The van der Waals surface area contributed by atoms with Gasteiger partial charge in [0.25, 0.3) is 0 Å². The third-order valence-corrected chi connectivity index (χ3v) is 4.13. The van der Waals surface area contributed by atoms with Gasteiger partial charge in [-0.15, -0.1) is 0 Å². The first-order valence-electron chi connectivity index (χ1n) is 6.56. The number of hydrogen-bond donors (Lipinski definition) is 0. The molecule has 3 rings (SSSR count). The Kier molecular flexibility index (Phi) is 3.27. The number of hydrogen-bond acceptors (Lipinski definition) is 2. The summed E-state index contributed by atoms with van der Waals surface area (Å²) in [5.41, 5.74) is 1.12. The smallest absolute Gasteiger partial charge is 0.114 e. The molecule has 1 saturated heterocycles. The summed E-state index contributed by atoms with van der Waals surface area (Å²) in [6.45, 7) is 1.20. The lowest BCUT2D eigenvalue weighted by atomic mass is 10.00. The molecule has 0 aromatic carbocycles. The molecule has 0 radical (unpaired) electrons. The summed E-state index contributed by atoms with van der Waals surface area (Å²) in [5, 5.41) is 0.763. The minimum atomic E-state index is 0.614. The van der Waals surface area contributed by atoms with Gasteiger partial charge in [-0.1, -0.05) is 18.0 Å². The monoisotopic (exact) mass is 263 g/mol. The molecule has 2 aromatic rings. The van der Waals surface area contributed by atoms with Crippen molar-refractivity contribution >= 4 is 17.1 Å². The fraction of sp³-hybridized carbons (Fsp3) is 0.500. The largest absolute Gasteiger partial charge is 0.303 e. The SMILES string of the molecule is CN1CCCCC1Cc1ncc2ccc(Cl)cn12. The highest BCUT2D eigenvalue weighted by Gasteiger charge is 2.20. The number of imidazole rings is 1. The molecule has 2 aromatic heterocycles. The summed E-state index contributed by atoms with van der Waals surface area (Å²) in [5.74, 6) is 1.12. The second-order valence-electron chi connectivity index (χ2n) is 5.15. The van der Waals surface area contributed by atoms with Crippen molar-refractivity contribution in [3.63, 3.8) is 0 Å². The second-order valence-corrected chi connectivity index (χ2v) is 5.59. The molecule has 1 fully saturated rings. The van der Waals surface area contributed by atoms with E-state index in [1.165, 1.54) is 25.8 Å². The summed E-state index contributed by atoms with van der Waals surface area (Å²) in [7, 11) is 2.21. The van der Waals surface area contributed by atoms with E-state index in [0.29, 0.717) is 6.04 Å². The van der Waals surface area contributed by atoms with E-state index < -0.39 is 0 Å². The van der Waals surface area contributed by atoms with Crippen LogP contribution in [0.4, 0.5) is 0 Å².